The maximum Gasteiger partial charge on any atom is 0.407 e. The molecule has 0 heterocycles. The molecule has 25 heavy (non-hydrogen) atoms. The highest BCUT2D eigenvalue weighted by Crippen LogP contribution is 2.25. The van der Waals surface area contributed by atoms with Gasteiger partial charge in [-0.05, 0) is 31.4 Å². The monoisotopic (exact) mass is 352 g/mol. The number of amides is 2. The highest BCUT2D eigenvalue weighted by atomic mass is 16.5. The van der Waals surface area contributed by atoms with E-state index in [0.717, 1.165) is 6.42 Å². The predicted molar refractivity (Wildman–Crippen MR) is 94.9 cm³/mol. The molecule has 140 valence electrons. The van der Waals surface area contributed by atoms with Gasteiger partial charge in [-0.3, -0.25) is 4.79 Å². The van der Waals surface area contributed by atoms with Crippen LogP contribution in [0.2, 0.25) is 0 Å². The number of para-hydroxylation sites is 2. The van der Waals surface area contributed by atoms with E-state index in [-0.39, 0.29) is 18.6 Å². The second-order valence-corrected chi connectivity index (χ2v) is 5.93. The van der Waals surface area contributed by atoms with E-state index in [1.165, 1.54) is 0 Å². The van der Waals surface area contributed by atoms with Crippen molar-refractivity contribution in [2.24, 2.45) is 5.92 Å². The Bertz CT molecular complexity index is 548. The number of alkyl carbamates (subject to hydrolysis) is 1. The molecule has 0 aliphatic carbocycles. The molecule has 0 saturated heterocycles. The average molecular weight is 352 g/mol. The summed E-state index contributed by atoms with van der Waals surface area (Å²) in [5, 5.41) is 5.53. The summed E-state index contributed by atoms with van der Waals surface area (Å²) < 4.78 is 15.5. The van der Waals surface area contributed by atoms with Crippen LogP contribution < -0.4 is 20.1 Å². The Hall–Kier alpha value is -2.44. The number of rotatable bonds is 10. The lowest BCUT2D eigenvalue weighted by Crippen LogP contribution is -2.45. The van der Waals surface area contributed by atoms with Crippen molar-refractivity contribution in [3.05, 3.63) is 24.3 Å². The molecule has 7 heteroatoms. The number of methoxy groups -OCH3 is 1. The van der Waals surface area contributed by atoms with E-state index in [1.54, 1.807) is 32.2 Å². The minimum atomic E-state index is -0.479. The van der Waals surface area contributed by atoms with Gasteiger partial charge in [0.2, 0.25) is 0 Å². The molecule has 0 spiro atoms. The van der Waals surface area contributed by atoms with Crippen LogP contribution >= 0.6 is 0 Å². The molecule has 2 amide bonds. The maximum absolute atomic E-state index is 12.0. The van der Waals surface area contributed by atoms with E-state index in [9.17, 15) is 9.59 Å². The lowest BCUT2D eigenvalue weighted by atomic mass is 10.0. The van der Waals surface area contributed by atoms with Gasteiger partial charge >= 0.3 is 6.09 Å². The molecule has 0 aliphatic heterocycles. The van der Waals surface area contributed by atoms with Crippen molar-refractivity contribution in [2.75, 3.05) is 26.9 Å². The fourth-order valence-corrected chi connectivity index (χ4v) is 2.27. The highest BCUT2D eigenvalue weighted by molar-refractivity contribution is 5.77. The minimum absolute atomic E-state index is 0.131. The number of carbonyl (C=O) groups excluding carboxylic acids is 2. The maximum atomic E-state index is 12.0. The van der Waals surface area contributed by atoms with Gasteiger partial charge in [0.25, 0.3) is 5.91 Å². The lowest BCUT2D eigenvalue weighted by Gasteiger charge is -2.20. The Morgan fingerprint density at radius 1 is 1.16 bits per heavy atom. The Morgan fingerprint density at radius 2 is 1.84 bits per heavy atom. The molecule has 1 unspecified atom stereocenters. The van der Waals surface area contributed by atoms with Gasteiger partial charge in [-0.25, -0.2) is 4.79 Å². The summed E-state index contributed by atoms with van der Waals surface area (Å²) in [4.78, 5) is 23.6. The van der Waals surface area contributed by atoms with Crippen molar-refractivity contribution in [3.63, 3.8) is 0 Å². The van der Waals surface area contributed by atoms with Gasteiger partial charge in [0.15, 0.2) is 18.1 Å². The van der Waals surface area contributed by atoms with Crippen LogP contribution in [0.3, 0.4) is 0 Å². The standard InChI is InChI=1S/C18H28N2O5/c1-5-24-18(22)20-14(10-13(2)3)11-19-17(21)12-25-16-9-7-6-8-15(16)23-4/h6-9,13-14H,5,10-12H2,1-4H3,(H,19,21)(H,20,22). The lowest BCUT2D eigenvalue weighted by molar-refractivity contribution is -0.123. The highest BCUT2D eigenvalue weighted by Gasteiger charge is 2.16. The normalized spacial score (nSPS) is 11.6. The number of carbonyl (C=O) groups is 2. The number of ether oxygens (including phenoxy) is 3. The molecule has 0 radical (unpaired) electrons. The summed E-state index contributed by atoms with van der Waals surface area (Å²) in [5.41, 5.74) is 0. The Morgan fingerprint density at radius 3 is 2.44 bits per heavy atom. The van der Waals surface area contributed by atoms with Crippen LogP contribution in [0.5, 0.6) is 11.5 Å². The molecule has 0 fully saturated rings. The number of benzene rings is 1. The molecular formula is C18H28N2O5. The minimum Gasteiger partial charge on any atom is -0.493 e. The number of nitrogens with one attached hydrogen (secondary N) is 2. The molecule has 0 saturated carbocycles. The topological polar surface area (TPSA) is 85.9 Å². The van der Waals surface area contributed by atoms with E-state index in [2.05, 4.69) is 10.6 Å². The van der Waals surface area contributed by atoms with E-state index < -0.39 is 6.09 Å². The summed E-state index contributed by atoms with van der Waals surface area (Å²) >= 11 is 0. The molecule has 0 aromatic heterocycles. The summed E-state index contributed by atoms with van der Waals surface area (Å²) in [6, 6.07) is 6.92. The Kier molecular flexibility index (Phi) is 9.21. The van der Waals surface area contributed by atoms with Crippen molar-refractivity contribution in [2.45, 2.75) is 33.2 Å². The molecule has 7 nitrogen and oxygen atoms in total. The first kappa shape index (κ1) is 20.6. The van der Waals surface area contributed by atoms with E-state index >= 15 is 0 Å². The van der Waals surface area contributed by atoms with Crippen LogP contribution in [0.15, 0.2) is 24.3 Å². The largest absolute Gasteiger partial charge is 0.493 e. The summed E-state index contributed by atoms with van der Waals surface area (Å²) in [6.07, 6.45) is 0.250. The van der Waals surface area contributed by atoms with Crippen LogP contribution in [0.1, 0.15) is 27.2 Å². The molecule has 1 atom stereocenters. The summed E-state index contributed by atoms with van der Waals surface area (Å²) in [5.74, 6) is 1.17. The second kappa shape index (κ2) is 11.2. The predicted octanol–water partition coefficient (Wildman–Crippen LogP) is 2.35. The fraction of sp³-hybridized carbons (Fsp3) is 0.556. The molecule has 1 aromatic carbocycles. The van der Waals surface area contributed by atoms with Crippen LogP contribution in [-0.4, -0.2) is 44.9 Å². The smallest absolute Gasteiger partial charge is 0.407 e. The van der Waals surface area contributed by atoms with E-state index in [1.807, 2.05) is 19.9 Å². The molecule has 0 aliphatic rings. The van der Waals surface area contributed by atoms with Gasteiger partial charge in [-0.15, -0.1) is 0 Å². The number of hydrogen-bond acceptors (Lipinski definition) is 5. The Labute approximate surface area is 149 Å². The molecule has 2 N–H and O–H groups in total. The Balaban J connectivity index is 2.46. The third-order valence-electron chi connectivity index (χ3n) is 3.33. The summed E-state index contributed by atoms with van der Waals surface area (Å²) in [6.45, 7) is 6.32. The first-order valence-corrected chi connectivity index (χ1v) is 8.42. The van der Waals surface area contributed by atoms with Gasteiger partial charge in [-0.1, -0.05) is 26.0 Å². The fourth-order valence-electron chi connectivity index (χ4n) is 2.27. The van der Waals surface area contributed by atoms with Crippen molar-refractivity contribution >= 4 is 12.0 Å². The van der Waals surface area contributed by atoms with Gasteiger partial charge in [0.1, 0.15) is 0 Å². The zero-order valence-electron chi connectivity index (χ0n) is 15.3. The van der Waals surface area contributed by atoms with Gasteiger partial charge in [0.05, 0.1) is 13.7 Å². The zero-order chi connectivity index (χ0) is 18.7. The van der Waals surface area contributed by atoms with Crippen LogP contribution in [0.25, 0.3) is 0 Å². The van der Waals surface area contributed by atoms with Gasteiger partial charge in [0, 0.05) is 12.6 Å². The van der Waals surface area contributed by atoms with Gasteiger partial charge < -0.3 is 24.8 Å². The molecule has 0 bridgehead atoms. The summed E-state index contributed by atoms with van der Waals surface area (Å²) in [7, 11) is 1.54. The van der Waals surface area contributed by atoms with E-state index in [4.69, 9.17) is 14.2 Å². The van der Waals surface area contributed by atoms with Crippen molar-refractivity contribution in [1.29, 1.82) is 0 Å². The molecule has 1 rings (SSSR count). The van der Waals surface area contributed by atoms with E-state index in [0.29, 0.717) is 30.6 Å². The number of hydrogen-bond donors (Lipinski definition) is 2. The quantitative estimate of drug-likeness (QED) is 0.675. The molecular weight excluding hydrogens is 324 g/mol. The van der Waals surface area contributed by atoms with Crippen molar-refractivity contribution in [3.8, 4) is 11.5 Å². The van der Waals surface area contributed by atoms with Gasteiger partial charge in [-0.2, -0.15) is 0 Å². The van der Waals surface area contributed by atoms with Crippen LogP contribution in [0.4, 0.5) is 4.79 Å². The average Bonchev–Trinajstić information content (AvgIpc) is 2.57. The third kappa shape index (κ3) is 8.28. The first-order chi connectivity index (χ1) is 12.0. The SMILES string of the molecule is CCOC(=O)NC(CNC(=O)COc1ccccc1OC)CC(C)C. The van der Waals surface area contributed by atoms with Crippen molar-refractivity contribution < 1.29 is 23.8 Å². The van der Waals surface area contributed by atoms with Crippen molar-refractivity contribution in [1.82, 2.24) is 10.6 Å². The first-order valence-electron chi connectivity index (χ1n) is 8.42. The zero-order valence-corrected chi connectivity index (χ0v) is 15.3. The molecule has 1 aromatic rings. The van der Waals surface area contributed by atoms with Crippen LogP contribution in [0, 0.1) is 5.92 Å². The second-order valence-electron chi connectivity index (χ2n) is 5.93. The van der Waals surface area contributed by atoms with Crippen LogP contribution in [-0.2, 0) is 9.53 Å². The third-order valence-corrected chi connectivity index (χ3v) is 3.33.